The lowest BCUT2D eigenvalue weighted by Gasteiger charge is -2.42. The van der Waals surface area contributed by atoms with Crippen molar-refractivity contribution in [1.82, 2.24) is 14.9 Å². The van der Waals surface area contributed by atoms with Crippen molar-refractivity contribution in [1.29, 1.82) is 0 Å². The lowest BCUT2D eigenvalue weighted by atomic mass is 10.0. The lowest BCUT2D eigenvalue weighted by Crippen LogP contribution is -2.63. The van der Waals surface area contributed by atoms with Gasteiger partial charge in [-0.25, -0.2) is 5.06 Å². The van der Waals surface area contributed by atoms with E-state index in [-0.39, 0.29) is 31.9 Å². The quantitative estimate of drug-likeness (QED) is 0.219. The number of ether oxygens (including phenoxy) is 2. The summed E-state index contributed by atoms with van der Waals surface area (Å²) in [6.45, 7) is 4.82. The third kappa shape index (κ3) is 8.03. The molecule has 39 heavy (non-hydrogen) atoms. The first-order valence-corrected chi connectivity index (χ1v) is 12.8. The van der Waals surface area contributed by atoms with Gasteiger partial charge < -0.3 is 19.3 Å². The predicted octanol–water partition coefficient (Wildman–Crippen LogP) is 2.41. The van der Waals surface area contributed by atoms with Crippen LogP contribution in [-0.2, 0) is 41.8 Å². The summed E-state index contributed by atoms with van der Waals surface area (Å²) in [6.07, 6.45) is 0.303. The Hall–Kier alpha value is -3.92. The minimum Gasteiger partial charge on any atom is -0.497 e. The van der Waals surface area contributed by atoms with Gasteiger partial charge in [0, 0.05) is 26.1 Å². The summed E-state index contributed by atoms with van der Waals surface area (Å²) in [7, 11) is 2.80. The molecule has 2 aromatic rings. The van der Waals surface area contributed by atoms with E-state index < -0.39 is 24.0 Å². The Morgan fingerprint density at radius 2 is 1.72 bits per heavy atom. The Labute approximate surface area is 229 Å². The molecular weight excluding hydrogens is 502 g/mol. The Morgan fingerprint density at radius 3 is 2.31 bits per heavy atom. The fourth-order valence-corrected chi connectivity index (χ4v) is 4.46. The third-order valence-corrected chi connectivity index (χ3v) is 6.47. The molecule has 3 amide bonds. The molecule has 0 bridgehead atoms. The number of hydrogen-bond acceptors (Lipinski definition) is 7. The standard InChI is InChI=1S/C29H36N3O7/c1-21(2)18-30-14-15-31(25(28(30)35)17-27(34)38-4)29(36)26(16-22-10-12-24(37-3)13-11-22)32(20-33)39-19-23-8-6-5-7-9-23/h5-13,20,25-26H,14-19H2,1-4H3/t25-,26-/m0/s1. The first-order chi connectivity index (χ1) is 18.8. The summed E-state index contributed by atoms with van der Waals surface area (Å²) >= 11 is 0. The summed E-state index contributed by atoms with van der Waals surface area (Å²) < 4.78 is 10.1. The minimum atomic E-state index is -1.08. The van der Waals surface area contributed by atoms with Crippen molar-refractivity contribution in [3.63, 3.8) is 0 Å². The summed E-state index contributed by atoms with van der Waals surface area (Å²) in [4.78, 5) is 60.8. The molecule has 0 aliphatic carbocycles. The molecule has 0 spiro atoms. The zero-order chi connectivity index (χ0) is 28.4. The van der Waals surface area contributed by atoms with Crippen molar-refractivity contribution in [2.24, 2.45) is 0 Å². The van der Waals surface area contributed by atoms with Gasteiger partial charge in [0.2, 0.25) is 18.2 Å². The van der Waals surface area contributed by atoms with E-state index in [1.54, 1.807) is 36.3 Å². The molecule has 2 aromatic carbocycles. The van der Waals surface area contributed by atoms with E-state index in [1.807, 2.05) is 44.2 Å². The molecule has 1 aliphatic rings. The van der Waals surface area contributed by atoms with Crippen LogP contribution < -0.4 is 4.74 Å². The number of carbonyl (C=O) groups excluding carboxylic acids is 4. The Kier molecular flexibility index (Phi) is 10.9. The molecule has 1 heterocycles. The van der Waals surface area contributed by atoms with Crippen LogP contribution >= 0.6 is 0 Å². The maximum Gasteiger partial charge on any atom is 0.308 e. The number of carbonyl (C=O) groups is 4. The number of nitrogens with zero attached hydrogens (tertiary/aromatic N) is 3. The van der Waals surface area contributed by atoms with Gasteiger partial charge in [0.05, 0.1) is 20.6 Å². The zero-order valence-corrected chi connectivity index (χ0v) is 22.9. The molecule has 0 saturated carbocycles. The molecule has 0 N–H and O–H groups in total. The van der Waals surface area contributed by atoms with Crippen LogP contribution in [0.15, 0.2) is 54.6 Å². The van der Waals surface area contributed by atoms with E-state index in [2.05, 4.69) is 0 Å². The Bertz CT molecular complexity index is 1110. The van der Waals surface area contributed by atoms with E-state index in [0.717, 1.165) is 22.1 Å². The molecule has 2 atom stereocenters. The molecule has 10 heteroatoms. The zero-order valence-electron chi connectivity index (χ0n) is 22.9. The molecule has 0 aromatic heterocycles. The van der Waals surface area contributed by atoms with E-state index in [1.165, 1.54) is 12.0 Å². The number of rotatable bonds is 13. The monoisotopic (exact) mass is 538 g/mol. The second-order valence-electron chi connectivity index (χ2n) is 9.59. The normalized spacial score (nSPS) is 16.1. The second kappa shape index (κ2) is 14.3. The molecule has 209 valence electrons. The maximum absolute atomic E-state index is 14.1. The highest BCUT2D eigenvalue weighted by Crippen LogP contribution is 2.22. The highest BCUT2D eigenvalue weighted by Gasteiger charge is 2.42. The molecule has 1 fully saturated rings. The fourth-order valence-electron chi connectivity index (χ4n) is 4.46. The minimum absolute atomic E-state index is 0.0654. The van der Waals surface area contributed by atoms with Gasteiger partial charge in [-0.15, -0.1) is 0 Å². The largest absolute Gasteiger partial charge is 0.497 e. The van der Waals surface area contributed by atoms with E-state index in [0.29, 0.717) is 25.2 Å². The number of piperazine rings is 1. The molecule has 1 saturated heterocycles. The van der Waals surface area contributed by atoms with E-state index >= 15 is 0 Å². The maximum atomic E-state index is 14.1. The van der Waals surface area contributed by atoms with Crippen molar-refractivity contribution >= 4 is 24.2 Å². The van der Waals surface area contributed by atoms with Gasteiger partial charge in [-0.1, -0.05) is 56.3 Å². The summed E-state index contributed by atoms with van der Waals surface area (Å²) in [5.41, 5.74) is 1.58. The van der Waals surface area contributed by atoms with Crippen molar-refractivity contribution in [2.75, 3.05) is 33.9 Å². The van der Waals surface area contributed by atoms with Crippen LogP contribution in [0.4, 0.5) is 0 Å². The number of amides is 3. The average Bonchev–Trinajstić information content (AvgIpc) is 2.95. The molecule has 3 rings (SSSR count). The van der Waals surface area contributed by atoms with Crippen LogP contribution in [0.5, 0.6) is 5.75 Å². The second-order valence-corrected chi connectivity index (χ2v) is 9.59. The fraction of sp³-hybridized carbons (Fsp3) is 0.414. The summed E-state index contributed by atoms with van der Waals surface area (Å²) in [5.74, 6) is 0.234. The summed E-state index contributed by atoms with van der Waals surface area (Å²) in [5, 5.41) is 0.996. The number of methoxy groups -OCH3 is 2. The topological polar surface area (TPSA) is 106 Å². The number of hydroxylamine groups is 2. The number of esters is 1. The number of hydrogen-bond donors (Lipinski definition) is 0. The van der Waals surface area contributed by atoms with Crippen LogP contribution in [-0.4, -0.2) is 85.0 Å². The van der Waals surface area contributed by atoms with Crippen molar-refractivity contribution in [3.05, 3.63) is 71.6 Å². The van der Waals surface area contributed by atoms with Gasteiger partial charge in [-0.2, -0.15) is 0 Å². The van der Waals surface area contributed by atoms with Crippen LogP contribution in [0.2, 0.25) is 0 Å². The van der Waals surface area contributed by atoms with Crippen LogP contribution in [0.25, 0.3) is 0 Å². The third-order valence-electron chi connectivity index (χ3n) is 6.47. The summed E-state index contributed by atoms with van der Waals surface area (Å²) in [6, 6.07) is 14.2. The van der Waals surface area contributed by atoms with E-state index in [4.69, 9.17) is 14.3 Å². The van der Waals surface area contributed by atoms with E-state index in [9.17, 15) is 19.2 Å². The van der Waals surface area contributed by atoms with Crippen LogP contribution in [0, 0.1) is 5.92 Å². The molecule has 10 nitrogen and oxygen atoms in total. The molecule has 1 aliphatic heterocycles. The van der Waals surface area contributed by atoms with Gasteiger partial charge in [-0.3, -0.25) is 24.0 Å². The Balaban J connectivity index is 1.91. The van der Waals surface area contributed by atoms with Gasteiger partial charge in [-0.05, 0) is 29.2 Å². The van der Waals surface area contributed by atoms with Crippen molar-refractivity contribution in [3.8, 4) is 5.75 Å². The predicted molar refractivity (Wildman–Crippen MR) is 143 cm³/mol. The van der Waals surface area contributed by atoms with Crippen LogP contribution in [0.1, 0.15) is 31.4 Å². The van der Waals surface area contributed by atoms with Gasteiger partial charge >= 0.3 is 5.97 Å². The van der Waals surface area contributed by atoms with Gasteiger partial charge in [0.1, 0.15) is 24.4 Å². The van der Waals surface area contributed by atoms with Crippen molar-refractivity contribution in [2.45, 2.75) is 45.4 Å². The molecule has 1 radical (unpaired) electrons. The number of benzene rings is 2. The average molecular weight is 539 g/mol. The highest BCUT2D eigenvalue weighted by atomic mass is 16.7. The smallest absolute Gasteiger partial charge is 0.308 e. The van der Waals surface area contributed by atoms with Crippen LogP contribution in [0.3, 0.4) is 0 Å². The lowest BCUT2D eigenvalue weighted by molar-refractivity contribution is -0.200. The first kappa shape index (κ1) is 29.6. The van der Waals surface area contributed by atoms with Crippen molar-refractivity contribution < 1.29 is 33.5 Å². The molecule has 0 unspecified atom stereocenters. The molecular formula is C29H36N3O7. The highest BCUT2D eigenvalue weighted by molar-refractivity contribution is 5.94. The Morgan fingerprint density at radius 1 is 1.03 bits per heavy atom. The van der Waals surface area contributed by atoms with Gasteiger partial charge in [0.25, 0.3) is 0 Å². The van der Waals surface area contributed by atoms with Gasteiger partial charge in [0.15, 0.2) is 0 Å². The SMILES string of the molecule is COC(=O)C[C@H]1C(=O)N(C[C](C)C)CCN1C(=O)[C@H](Cc1ccc(OC)cc1)N(C=O)OCc1ccccc1. The first-order valence-electron chi connectivity index (χ1n) is 12.8.